The number of nitrogens with zero attached hydrogens (tertiary/aromatic N) is 2. The van der Waals surface area contributed by atoms with Crippen molar-refractivity contribution in [2.24, 2.45) is 0 Å². The molecular formula is C25H50BrN2O3P. The van der Waals surface area contributed by atoms with Crippen LogP contribution in [0.15, 0.2) is 18.7 Å². The highest BCUT2D eigenvalue weighted by Gasteiger charge is 2.45. The molecule has 32 heavy (non-hydrogen) atoms. The van der Waals surface area contributed by atoms with Crippen molar-refractivity contribution in [2.45, 2.75) is 142 Å². The highest BCUT2D eigenvalue weighted by Crippen LogP contribution is 2.54. The van der Waals surface area contributed by atoms with E-state index in [1.807, 2.05) is 37.1 Å². The molecule has 1 aromatic rings. The monoisotopic (exact) mass is 536 g/mol. The Bertz CT molecular complexity index is 614. The first-order chi connectivity index (χ1) is 14.9. The van der Waals surface area contributed by atoms with Gasteiger partial charge in [0.1, 0.15) is 24.1 Å². The summed E-state index contributed by atoms with van der Waals surface area (Å²) < 4.78 is 16.1. The second-order valence-corrected chi connectivity index (χ2v) is 11.4. The molecule has 5 nitrogen and oxygen atoms in total. The van der Waals surface area contributed by atoms with Gasteiger partial charge in [-0.3, -0.25) is 4.57 Å². The van der Waals surface area contributed by atoms with Gasteiger partial charge in [0.2, 0.25) is 6.33 Å². The van der Waals surface area contributed by atoms with Crippen LogP contribution >= 0.6 is 7.60 Å². The molecule has 0 radical (unpaired) electrons. The van der Waals surface area contributed by atoms with Crippen LogP contribution in [0.4, 0.5) is 0 Å². The summed E-state index contributed by atoms with van der Waals surface area (Å²) in [7, 11) is -4.15. The molecule has 0 aromatic carbocycles. The topological polar surface area (TPSA) is 66.3 Å². The van der Waals surface area contributed by atoms with Gasteiger partial charge in [0.15, 0.2) is 0 Å². The maximum Gasteiger partial charge on any atom is 0.335 e. The molecule has 0 spiro atoms. The lowest BCUT2D eigenvalue weighted by atomic mass is 10.0. The number of hydrogen-bond donors (Lipinski definition) is 2. The minimum Gasteiger partial charge on any atom is -1.00 e. The van der Waals surface area contributed by atoms with Crippen molar-refractivity contribution in [3.63, 3.8) is 0 Å². The van der Waals surface area contributed by atoms with Crippen LogP contribution in [-0.2, 0) is 17.7 Å². The molecule has 2 N–H and O–H groups in total. The SMILES string of the molecule is CCCCCCCCCCCCCCCCn1cc[n+](CC(CC)(CC)P(=O)(O)O)c1.[Br-]. The second kappa shape index (κ2) is 18.2. The highest BCUT2D eigenvalue weighted by molar-refractivity contribution is 7.53. The zero-order valence-corrected chi connectivity index (χ0v) is 23.5. The minimum absolute atomic E-state index is 0. The Hall–Kier alpha value is -0.160. The lowest BCUT2D eigenvalue weighted by Gasteiger charge is -2.30. The van der Waals surface area contributed by atoms with Gasteiger partial charge < -0.3 is 26.8 Å². The lowest BCUT2D eigenvalue weighted by Crippen LogP contribution is -3.00. The van der Waals surface area contributed by atoms with E-state index in [-0.39, 0.29) is 17.0 Å². The first-order valence-corrected chi connectivity index (χ1v) is 14.6. The van der Waals surface area contributed by atoms with E-state index in [2.05, 4.69) is 11.5 Å². The van der Waals surface area contributed by atoms with Crippen molar-refractivity contribution in [3.05, 3.63) is 18.7 Å². The molecule has 0 amide bonds. The third kappa shape index (κ3) is 12.3. The summed E-state index contributed by atoms with van der Waals surface area (Å²) in [6, 6.07) is 0. The van der Waals surface area contributed by atoms with Crippen LogP contribution in [-0.4, -0.2) is 19.5 Å². The molecule has 0 saturated heterocycles. The lowest BCUT2D eigenvalue weighted by molar-refractivity contribution is -0.700. The average Bonchev–Trinajstić information content (AvgIpc) is 3.18. The van der Waals surface area contributed by atoms with Gasteiger partial charge in [0.05, 0.1) is 6.54 Å². The Balaban J connectivity index is 0.00000961. The molecule has 0 fully saturated rings. The van der Waals surface area contributed by atoms with Crippen LogP contribution in [0.1, 0.15) is 124 Å². The smallest absolute Gasteiger partial charge is 0.335 e. The molecule has 1 rings (SSSR count). The normalized spacial score (nSPS) is 12.2. The van der Waals surface area contributed by atoms with Gasteiger partial charge in [-0.1, -0.05) is 97.8 Å². The third-order valence-electron chi connectivity index (χ3n) is 6.93. The number of hydrogen-bond acceptors (Lipinski definition) is 1. The third-order valence-corrected chi connectivity index (χ3v) is 8.94. The molecule has 0 aliphatic heterocycles. The Morgan fingerprint density at radius 2 is 1.22 bits per heavy atom. The van der Waals surface area contributed by atoms with E-state index in [9.17, 15) is 14.4 Å². The molecule has 0 bridgehead atoms. The van der Waals surface area contributed by atoms with Gasteiger partial charge in [-0.15, -0.1) is 0 Å². The summed E-state index contributed by atoms with van der Waals surface area (Å²) in [5.74, 6) is 0. The van der Waals surface area contributed by atoms with Crippen LogP contribution in [0.2, 0.25) is 0 Å². The van der Waals surface area contributed by atoms with Gasteiger partial charge in [-0.2, -0.15) is 0 Å². The molecule has 0 unspecified atom stereocenters. The van der Waals surface area contributed by atoms with E-state index in [0.717, 1.165) is 13.0 Å². The maximum atomic E-state index is 12.0. The Kier molecular flexibility index (Phi) is 18.1. The fourth-order valence-electron chi connectivity index (χ4n) is 4.47. The van der Waals surface area contributed by atoms with E-state index in [1.165, 1.54) is 83.5 Å². The quantitative estimate of drug-likeness (QED) is 0.150. The van der Waals surface area contributed by atoms with E-state index < -0.39 is 12.8 Å². The predicted molar refractivity (Wildman–Crippen MR) is 130 cm³/mol. The van der Waals surface area contributed by atoms with Crippen LogP contribution in [0.25, 0.3) is 0 Å². The summed E-state index contributed by atoms with van der Waals surface area (Å²) in [6.45, 7) is 7.36. The number of imidazole rings is 1. The van der Waals surface area contributed by atoms with Crippen LogP contribution in [0.3, 0.4) is 0 Å². The first kappa shape index (κ1) is 31.8. The summed E-state index contributed by atoms with van der Waals surface area (Å²) in [6.07, 6.45) is 26.0. The number of aryl methyl sites for hydroxylation is 1. The van der Waals surface area contributed by atoms with Crippen LogP contribution in [0, 0.1) is 0 Å². The van der Waals surface area contributed by atoms with Gasteiger partial charge in [0.25, 0.3) is 0 Å². The molecule has 0 atom stereocenters. The standard InChI is InChI=1S/C25H49N2O3P.BrH/c1-4-7-8-9-10-11-12-13-14-15-16-17-18-19-20-26-21-22-27(24-26)23-25(5-2,6-3)31(28,29)30;/h21-22,24H,4-20,23H2,1-3H3,(H-,28,29,30);1H. The summed E-state index contributed by atoms with van der Waals surface area (Å²) in [5, 5.41) is -0.959. The minimum atomic E-state index is -4.15. The van der Waals surface area contributed by atoms with Crippen molar-refractivity contribution in [1.82, 2.24) is 4.57 Å². The Morgan fingerprint density at radius 1 is 0.781 bits per heavy atom. The summed E-state index contributed by atoms with van der Waals surface area (Å²) in [5.41, 5.74) is 0. The first-order valence-electron chi connectivity index (χ1n) is 13.0. The number of unbranched alkanes of at least 4 members (excludes halogenated alkanes) is 13. The Morgan fingerprint density at radius 3 is 1.62 bits per heavy atom. The van der Waals surface area contributed by atoms with Crippen LogP contribution in [0.5, 0.6) is 0 Å². The molecular weight excluding hydrogens is 487 g/mol. The summed E-state index contributed by atoms with van der Waals surface area (Å²) >= 11 is 0. The van der Waals surface area contributed by atoms with Crippen LogP contribution < -0.4 is 21.5 Å². The molecule has 7 heteroatoms. The predicted octanol–water partition coefficient (Wildman–Crippen LogP) is 4.00. The van der Waals surface area contributed by atoms with Crippen molar-refractivity contribution >= 4 is 7.60 Å². The van der Waals surface area contributed by atoms with E-state index in [0.29, 0.717) is 19.4 Å². The fourth-order valence-corrected chi connectivity index (χ4v) is 5.64. The second-order valence-electron chi connectivity index (χ2n) is 9.40. The molecule has 1 aromatic heterocycles. The number of halogens is 1. The van der Waals surface area contributed by atoms with Crippen molar-refractivity contribution < 1.29 is 35.9 Å². The number of rotatable bonds is 20. The molecule has 0 saturated carbocycles. The van der Waals surface area contributed by atoms with Crippen molar-refractivity contribution in [1.29, 1.82) is 0 Å². The Labute approximate surface area is 208 Å². The average molecular weight is 538 g/mol. The van der Waals surface area contributed by atoms with E-state index >= 15 is 0 Å². The van der Waals surface area contributed by atoms with Gasteiger partial charge >= 0.3 is 7.60 Å². The van der Waals surface area contributed by atoms with Gasteiger partial charge in [-0.25, -0.2) is 9.13 Å². The van der Waals surface area contributed by atoms with E-state index in [4.69, 9.17) is 0 Å². The molecule has 190 valence electrons. The molecule has 0 aliphatic rings. The molecule has 0 aliphatic carbocycles. The van der Waals surface area contributed by atoms with Gasteiger partial charge in [0, 0.05) is 0 Å². The number of aromatic nitrogens is 2. The van der Waals surface area contributed by atoms with E-state index in [1.54, 1.807) is 0 Å². The highest BCUT2D eigenvalue weighted by atomic mass is 79.9. The zero-order valence-electron chi connectivity index (χ0n) is 21.0. The summed E-state index contributed by atoms with van der Waals surface area (Å²) in [4.78, 5) is 19.7. The molecule has 1 heterocycles. The van der Waals surface area contributed by atoms with Crippen molar-refractivity contribution in [2.75, 3.05) is 0 Å². The zero-order chi connectivity index (χ0) is 23.0. The fraction of sp³-hybridized carbons (Fsp3) is 0.880. The van der Waals surface area contributed by atoms with Crippen molar-refractivity contribution in [3.8, 4) is 0 Å². The largest absolute Gasteiger partial charge is 1.00 e. The maximum absolute atomic E-state index is 12.0. The van der Waals surface area contributed by atoms with Gasteiger partial charge in [-0.05, 0) is 25.7 Å².